The molecule has 6 atom stereocenters. The maximum absolute atomic E-state index is 13.8. The zero-order valence-electron chi connectivity index (χ0n) is 20.0. The maximum atomic E-state index is 13.8. The summed E-state index contributed by atoms with van der Waals surface area (Å²) in [5.74, 6) is -2.31. The quantitative estimate of drug-likeness (QED) is 0.497. The average molecular weight is 456 g/mol. The second-order valence-electron chi connectivity index (χ2n) is 9.47. The summed E-state index contributed by atoms with van der Waals surface area (Å²) in [6.45, 7) is 6.03. The third-order valence-electron chi connectivity index (χ3n) is 7.11. The molecule has 0 bridgehead atoms. The number of hydrogen-bond acceptors (Lipinski definition) is 4. The molecule has 7 heteroatoms. The van der Waals surface area contributed by atoms with Crippen LogP contribution in [-0.2, 0) is 20.9 Å². The van der Waals surface area contributed by atoms with Gasteiger partial charge < -0.3 is 20.6 Å². The van der Waals surface area contributed by atoms with Crippen molar-refractivity contribution in [1.29, 1.82) is 0 Å². The Balaban J connectivity index is 1.98. The maximum Gasteiger partial charge on any atom is 0.243 e. The molecule has 3 amide bonds. The van der Waals surface area contributed by atoms with Crippen LogP contribution in [0.5, 0.6) is 0 Å². The monoisotopic (exact) mass is 455 g/mol. The lowest BCUT2D eigenvalue weighted by Crippen LogP contribution is -2.53. The van der Waals surface area contributed by atoms with Gasteiger partial charge in [-0.2, -0.15) is 0 Å². The highest BCUT2D eigenvalue weighted by atomic mass is 16.3. The third-order valence-corrected chi connectivity index (χ3v) is 7.11. The van der Waals surface area contributed by atoms with Crippen LogP contribution in [0, 0.1) is 29.6 Å². The number of hydrogen-bond donors (Lipinski definition) is 3. The van der Waals surface area contributed by atoms with Crippen molar-refractivity contribution in [3.63, 3.8) is 0 Å². The minimum atomic E-state index is -0.767. The van der Waals surface area contributed by atoms with Gasteiger partial charge in [-0.1, -0.05) is 69.7 Å². The molecule has 0 aromatic heterocycles. The van der Waals surface area contributed by atoms with E-state index >= 15 is 0 Å². The first-order chi connectivity index (χ1) is 15.8. The summed E-state index contributed by atoms with van der Waals surface area (Å²) >= 11 is 0. The van der Waals surface area contributed by atoms with Crippen LogP contribution in [0.15, 0.2) is 42.5 Å². The van der Waals surface area contributed by atoms with E-state index in [1.807, 2.05) is 56.3 Å². The molecule has 1 heterocycles. The zero-order chi connectivity index (χ0) is 24.1. The van der Waals surface area contributed by atoms with E-state index in [2.05, 4.69) is 17.6 Å². The minimum Gasteiger partial charge on any atom is -0.394 e. The van der Waals surface area contributed by atoms with E-state index in [4.69, 9.17) is 0 Å². The van der Waals surface area contributed by atoms with Gasteiger partial charge in [0.2, 0.25) is 17.7 Å². The van der Waals surface area contributed by atoms with Crippen LogP contribution in [0.2, 0.25) is 0 Å². The van der Waals surface area contributed by atoms with Gasteiger partial charge in [0, 0.05) is 19.5 Å². The third kappa shape index (κ3) is 4.98. The van der Waals surface area contributed by atoms with Crippen LogP contribution in [0.4, 0.5) is 0 Å². The fourth-order valence-corrected chi connectivity index (χ4v) is 5.44. The summed E-state index contributed by atoms with van der Waals surface area (Å²) in [5, 5.41) is 15.9. The first kappa shape index (κ1) is 25.0. The van der Waals surface area contributed by atoms with Gasteiger partial charge in [-0.15, -0.1) is 0 Å². The van der Waals surface area contributed by atoms with E-state index < -0.39 is 29.8 Å². The van der Waals surface area contributed by atoms with E-state index in [9.17, 15) is 19.5 Å². The van der Waals surface area contributed by atoms with Crippen molar-refractivity contribution in [2.24, 2.45) is 29.6 Å². The molecule has 7 nitrogen and oxygen atoms in total. The lowest BCUT2D eigenvalue weighted by atomic mass is 9.68. The summed E-state index contributed by atoms with van der Waals surface area (Å²) in [6, 6.07) is 8.34. The Hall–Kier alpha value is -2.67. The molecule has 1 aliphatic heterocycles. The predicted molar refractivity (Wildman–Crippen MR) is 127 cm³/mol. The molecule has 1 aromatic rings. The molecule has 0 spiro atoms. The van der Waals surface area contributed by atoms with Crippen LogP contribution in [0.3, 0.4) is 0 Å². The largest absolute Gasteiger partial charge is 0.394 e. The van der Waals surface area contributed by atoms with Crippen molar-refractivity contribution in [3.05, 3.63) is 48.0 Å². The SMILES string of the molecule is CCC[C@@H]1C=C[C@H]2[C@H](C(=O)N([C@@H](CO)C(C)C)[C@@H]2C(=O)NCc2ccccc2)[C@@H]1C(=O)NC. The highest BCUT2D eigenvalue weighted by molar-refractivity contribution is 5.97. The number of carbonyl (C=O) groups is 3. The Labute approximate surface area is 196 Å². The van der Waals surface area contributed by atoms with Crippen molar-refractivity contribution in [2.75, 3.05) is 13.7 Å². The van der Waals surface area contributed by atoms with Crippen molar-refractivity contribution >= 4 is 17.7 Å². The number of allylic oxidation sites excluding steroid dienone is 1. The Bertz CT molecular complexity index is 870. The summed E-state index contributed by atoms with van der Waals surface area (Å²) < 4.78 is 0. The number of benzene rings is 1. The molecular formula is C26H37N3O4. The number of fused-ring (bicyclic) bond motifs is 1. The first-order valence-corrected chi connectivity index (χ1v) is 12.0. The second kappa shape index (κ2) is 11.0. The van der Waals surface area contributed by atoms with E-state index in [0.717, 1.165) is 18.4 Å². The van der Waals surface area contributed by atoms with Crippen LogP contribution >= 0.6 is 0 Å². The number of likely N-dealkylation sites (tertiary alicyclic amines) is 1. The standard InChI is InChI=1S/C26H37N3O4/c1-5-9-18-12-13-19-22(21(18)24(31)27-4)26(33)29(20(15-30)16(2)3)23(19)25(32)28-14-17-10-7-6-8-11-17/h6-8,10-13,16,18-23,30H,5,9,14-15H2,1-4H3,(H,27,31)(H,28,32)/t18-,19+,20+,21-,22+,23+/m1/s1. The summed E-state index contributed by atoms with van der Waals surface area (Å²) in [6.07, 6.45) is 5.67. The lowest BCUT2D eigenvalue weighted by Gasteiger charge is -2.35. The summed E-state index contributed by atoms with van der Waals surface area (Å²) in [4.78, 5) is 41.8. The molecule has 1 saturated heterocycles. The number of nitrogens with one attached hydrogen (secondary N) is 2. The molecule has 3 rings (SSSR count). The number of rotatable bonds is 9. The zero-order valence-corrected chi connectivity index (χ0v) is 20.0. The van der Waals surface area contributed by atoms with Crippen molar-refractivity contribution in [1.82, 2.24) is 15.5 Å². The second-order valence-corrected chi connectivity index (χ2v) is 9.47. The highest BCUT2D eigenvalue weighted by Gasteiger charge is 2.58. The molecule has 1 aromatic carbocycles. The van der Waals surface area contributed by atoms with Gasteiger partial charge >= 0.3 is 0 Å². The smallest absolute Gasteiger partial charge is 0.243 e. The van der Waals surface area contributed by atoms with Crippen LogP contribution in [-0.4, -0.2) is 53.5 Å². The first-order valence-electron chi connectivity index (χ1n) is 12.0. The molecule has 0 saturated carbocycles. The minimum absolute atomic E-state index is 0.0441. The topological polar surface area (TPSA) is 98.7 Å². The fourth-order valence-electron chi connectivity index (χ4n) is 5.44. The molecule has 1 aliphatic carbocycles. The summed E-state index contributed by atoms with van der Waals surface area (Å²) in [7, 11) is 1.59. The highest BCUT2D eigenvalue weighted by Crippen LogP contribution is 2.46. The average Bonchev–Trinajstić information content (AvgIpc) is 3.10. The molecular weight excluding hydrogens is 418 g/mol. The van der Waals surface area contributed by atoms with Gasteiger partial charge in [0.1, 0.15) is 6.04 Å². The van der Waals surface area contributed by atoms with E-state index in [0.29, 0.717) is 6.54 Å². The van der Waals surface area contributed by atoms with Gasteiger partial charge in [0.05, 0.1) is 24.5 Å². The Kier molecular flexibility index (Phi) is 8.30. The van der Waals surface area contributed by atoms with Crippen molar-refractivity contribution < 1.29 is 19.5 Å². The predicted octanol–water partition coefficient (Wildman–Crippen LogP) is 2.11. The van der Waals surface area contributed by atoms with Gasteiger partial charge in [-0.25, -0.2) is 0 Å². The van der Waals surface area contributed by atoms with Gasteiger partial charge in [0.25, 0.3) is 0 Å². The fraction of sp³-hybridized carbons (Fsp3) is 0.577. The van der Waals surface area contributed by atoms with Gasteiger partial charge in [-0.3, -0.25) is 14.4 Å². The molecule has 1 fully saturated rings. The molecule has 3 N–H and O–H groups in total. The molecule has 33 heavy (non-hydrogen) atoms. The lowest BCUT2D eigenvalue weighted by molar-refractivity contribution is -0.144. The van der Waals surface area contributed by atoms with E-state index in [1.54, 1.807) is 11.9 Å². The summed E-state index contributed by atoms with van der Waals surface area (Å²) in [5.41, 5.74) is 0.964. The van der Waals surface area contributed by atoms with Gasteiger partial charge in [0.15, 0.2) is 0 Å². The van der Waals surface area contributed by atoms with E-state index in [-0.39, 0.29) is 36.2 Å². The molecule has 2 aliphatic rings. The van der Waals surface area contributed by atoms with Crippen molar-refractivity contribution in [3.8, 4) is 0 Å². The number of amides is 3. The molecule has 0 unspecified atom stereocenters. The Morgan fingerprint density at radius 3 is 2.39 bits per heavy atom. The molecule has 180 valence electrons. The van der Waals surface area contributed by atoms with E-state index in [1.165, 1.54) is 0 Å². The van der Waals surface area contributed by atoms with Gasteiger partial charge in [-0.05, 0) is 23.8 Å². The number of aliphatic hydroxyl groups is 1. The number of carbonyl (C=O) groups excluding carboxylic acids is 3. The van der Waals surface area contributed by atoms with Crippen LogP contribution in [0.25, 0.3) is 0 Å². The van der Waals surface area contributed by atoms with Crippen molar-refractivity contribution in [2.45, 2.75) is 52.2 Å². The molecule has 0 radical (unpaired) electrons. The Morgan fingerprint density at radius 2 is 1.82 bits per heavy atom. The Morgan fingerprint density at radius 1 is 1.12 bits per heavy atom. The number of nitrogens with zero attached hydrogens (tertiary/aromatic N) is 1. The van der Waals surface area contributed by atoms with Crippen LogP contribution in [0.1, 0.15) is 39.2 Å². The van der Waals surface area contributed by atoms with Crippen LogP contribution < -0.4 is 10.6 Å². The normalized spacial score (nSPS) is 27.4. The number of aliphatic hydroxyl groups excluding tert-OH is 1.